The van der Waals surface area contributed by atoms with Crippen LogP contribution in [0.25, 0.3) is 0 Å². The summed E-state index contributed by atoms with van der Waals surface area (Å²) in [6.45, 7) is 5.35. The van der Waals surface area contributed by atoms with Gasteiger partial charge in [-0.05, 0) is 20.8 Å². The highest BCUT2D eigenvalue weighted by molar-refractivity contribution is 5.69. The number of alkyl carbamates (subject to hydrolysis) is 1. The minimum absolute atomic E-state index is 0.179. The second kappa shape index (κ2) is 5.66. The number of nitrogens with one attached hydrogen (secondary N) is 1. The molecule has 1 aromatic heterocycles. The van der Waals surface area contributed by atoms with Gasteiger partial charge in [0.05, 0.1) is 24.3 Å². The summed E-state index contributed by atoms with van der Waals surface area (Å²) in [5.41, 5.74) is 0.190. The van der Waals surface area contributed by atoms with Gasteiger partial charge >= 0.3 is 6.09 Å². The summed E-state index contributed by atoms with van der Waals surface area (Å²) in [6, 6.07) is -0.426. The van der Waals surface area contributed by atoms with E-state index >= 15 is 0 Å². The van der Waals surface area contributed by atoms with Gasteiger partial charge in [-0.25, -0.2) is 9.78 Å². The zero-order valence-electron chi connectivity index (χ0n) is 11.1. The number of carbonyl (C=O) groups is 2. The Kier molecular flexibility index (Phi) is 4.47. The highest BCUT2D eigenvalue weighted by atomic mass is 16.6. The first-order valence-electron chi connectivity index (χ1n) is 5.73. The van der Waals surface area contributed by atoms with E-state index in [1.165, 1.54) is 0 Å². The number of amides is 1. The summed E-state index contributed by atoms with van der Waals surface area (Å²) in [7, 11) is 1.80. The van der Waals surface area contributed by atoms with Crippen LogP contribution in [-0.4, -0.2) is 27.5 Å². The van der Waals surface area contributed by atoms with E-state index < -0.39 is 17.7 Å². The maximum Gasteiger partial charge on any atom is 0.408 e. The smallest absolute Gasteiger partial charge is 0.408 e. The lowest BCUT2D eigenvalue weighted by atomic mass is 10.1. The standard InChI is InChI=1S/C12H19N3O3/c1-12(2,3)18-11(17)14-9(5-6-16)10-7-13-8-15(10)4/h6-9H,5H2,1-4H3,(H,14,17)/t9-/m0/s1. The molecule has 0 unspecified atom stereocenters. The number of aldehydes is 1. The monoisotopic (exact) mass is 253 g/mol. The molecule has 0 saturated heterocycles. The van der Waals surface area contributed by atoms with Gasteiger partial charge in [0, 0.05) is 13.5 Å². The third-order valence-electron chi connectivity index (χ3n) is 2.23. The first-order valence-corrected chi connectivity index (χ1v) is 5.73. The van der Waals surface area contributed by atoms with Crippen LogP contribution in [-0.2, 0) is 16.6 Å². The number of aryl methyl sites for hydroxylation is 1. The molecule has 1 rings (SSSR count). The molecule has 1 N–H and O–H groups in total. The Balaban J connectivity index is 2.73. The Labute approximate surface area is 106 Å². The van der Waals surface area contributed by atoms with Crippen LogP contribution in [0.1, 0.15) is 38.9 Å². The lowest BCUT2D eigenvalue weighted by molar-refractivity contribution is -0.108. The Bertz CT molecular complexity index is 420. The minimum atomic E-state index is -0.567. The topological polar surface area (TPSA) is 73.2 Å². The van der Waals surface area contributed by atoms with Crippen molar-refractivity contribution in [2.24, 2.45) is 7.05 Å². The van der Waals surface area contributed by atoms with Crippen molar-refractivity contribution < 1.29 is 14.3 Å². The van der Waals surface area contributed by atoms with E-state index in [9.17, 15) is 9.59 Å². The normalized spacial score (nSPS) is 12.9. The molecule has 1 atom stereocenters. The average Bonchev–Trinajstić information content (AvgIpc) is 2.60. The summed E-state index contributed by atoms with van der Waals surface area (Å²) < 4.78 is 6.91. The second-order valence-electron chi connectivity index (χ2n) is 5.03. The predicted molar refractivity (Wildman–Crippen MR) is 66.0 cm³/mol. The van der Waals surface area contributed by atoms with Crippen LogP contribution in [0, 0.1) is 0 Å². The highest BCUT2D eigenvalue weighted by Crippen LogP contribution is 2.16. The Morgan fingerprint density at radius 2 is 2.28 bits per heavy atom. The first-order chi connectivity index (χ1) is 8.33. The van der Waals surface area contributed by atoms with E-state index in [-0.39, 0.29) is 6.42 Å². The summed E-state index contributed by atoms with van der Waals surface area (Å²) in [4.78, 5) is 26.3. The van der Waals surface area contributed by atoms with Crippen molar-refractivity contribution in [1.82, 2.24) is 14.9 Å². The molecule has 6 nitrogen and oxygen atoms in total. The van der Waals surface area contributed by atoms with Crippen LogP contribution in [0.2, 0.25) is 0 Å². The molecule has 18 heavy (non-hydrogen) atoms. The molecule has 1 heterocycles. The SMILES string of the molecule is Cn1cncc1[C@H](CC=O)NC(=O)OC(C)(C)C. The molecule has 100 valence electrons. The van der Waals surface area contributed by atoms with Gasteiger partial charge in [0.25, 0.3) is 0 Å². The van der Waals surface area contributed by atoms with Gasteiger partial charge < -0.3 is 19.4 Å². The maximum absolute atomic E-state index is 11.7. The van der Waals surface area contributed by atoms with Crippen LogP contribution in [0.5, 0.6) is 0 Å². The number of ether oxygens (including phenoxy) is 1. The molecule has 0 bridgehead atoms. The van der Waals surface area contributed by atoms with E-state index in [0.717, 1.165) is 12.0 Å². The van der Waals surface area contributed by atoms with Crippen molar-refractivity contribution in [2.45, 2.75) is 38.8 Å². The number of carbonyl (C=O) groups excluding carboxylic acids is 2. The molecule has 1 amide bonds. The van der Waals surface area contributed by atoms with Crippen LogP contribution >= 0.6 is 0 Å². The van der Waals surface area contributed by atoms with Gasteiger partial charge in [-0.2, -0.15) is 0 Å². The summed E-state index contributed by atoms with van der Waals surface area (Å²) in [5.74, 6) is 0. The lowest BCUT2D eigenvalue weighted by Gasteiger charge is -2.23. The molecular weight excluding hydrogens is 234 g/mol. The quantitative estimate of drug-likeness (QED) is 0.827. The molecule has 0 aliphatic rings. The van der Waals surface area contributed by atoms with Gasteiger partial charge in [0.1, 0.15) is 11.9 Å². The summed E-state index contributed by atoms with van der Waals surface area (Å²) in [5, 5.41) is 2.66. The number of aromatic nitrogens is 2. The third-order valence-corrected chi connectivity index (χ3v) is 2.23. The zero-order chi connectivity index (χ0) is 13.8. The van der Waals surface area contributed by atoms with E-state index in [4.69, 9.17) is 4.74 Å². The van der Waals surface area contributed by atoms with Gasteiger partial charge in [-0.3, -0.25) is 0 Å². The van der Waals surface area contributed by atoms with Gasteiger partial charge in [-0.15, -0.1) is 0 Å². The van der Waals surface area contributed by atoms with E-state index in [0.29, 0.717) is 0 Å². The predicted octanol–water partition coefficient (Wildman–Crippen LogP) is 1.57. The molecular formula is C12H19N3O3. The Hall–Kier alpha value is -1.85. The summed E-state index contributed by atoms with van der Waals surface area (Å²) >= 11 is 0. The van der Waals surface area contributed by atoms with Crippen LogP contribution < -0.4 is 5.32 Å². The summed E-state index contributed by atoms with van der Waals surface area (Å²) in [6.07, 6.45) is 3.62. The van der Waals surface area contributed by atoms with Crippen molar-refractivity contribution in [1.29, 1.82) is 0 Å². The van der Waals surface area contributed by atoms with E-state index in [1.807, 2.05) is 0 Å². The molecule has 0 radical (unpaired) electrons. The van der Waals surface area contributed by atoms with E-state index in [2.05, 4.69) is 10.3 Å². The van der Waals surface area contributed by atoms with Crippen molar-refractivity contribution in [3.05, 3.63) is 18.2 Å². The number of imidazole rings is 1. The average molecular weight is 253 g/mol. The van der Waals surface area contributed by atoms with E-state index in [1.54, 1.807) is 44.9 Å². The molecule has 0 aromatic carbocycles. The Morgan fingerprint density at radius 1 is 1.61 bits per heavy atom. The van der Waals surface area contributed by atoms with Gasteiger partial charge in [0.2, 0.25) is 0 Å². The maximum atomic E-state index is 11.7. The number of nitrogens with zero attached hydrogens (tertiary/aromatic N) is 2. The molecule has 0 fully saturated rings. The Morgan fingerprint density at radius 3 is 2.72 bits per heavy atom. The molecule has 6 heteroatoms. The number of hydrogen-bond acceptors (Lipinski definition) is 4. The largest absolute Gasteiger partial charge is 0.444 e. The highest BCUT2D eigenvalue weighted by Gasteiger charge is 2.21. The van der Waals surface area contributed by atoms with Gasteiger partial charge in [0.15, 0.2) is 0 Å². The fourth-order valence-electron chi connectivity index (χ4n) is 1.50. The third kappa shape index (κ3) is 4.20. The molecule has 0 aliphatic carbocycles. The van der Waals surface area contributed by atoms with Gasteiger partial charge in [-0.1, -0.05) is 0 Å². The lowest BCUT2D eigenvalue weighted by Crippen LogP contribution is -2.35. The van der Waals surface area contributed by atoms with Crippen molar-refractivity contribution in [3.8, 4) is 0 Å². The zero-order valence-corrected chi connectivity index (χ0v) is 11.1. The number of rotatable bonds is 4. The van der Waals surface area contributed by atoms with Crippen LogP contribution in [0.3, 0.4) is 0 Å². The van der Waals surface area contributed by atoms with Crippen molar-refractivity contribution in [2.75, 3.05) is 0 Å². The molecule has 0 saturated carbocycles. The fourth-order valence-corrected chi connectivity index (χ4v) is 1.50. The van der Waals surface area contributed by atoms with Crippen LogP contribution in [0.4, 0.5) is 4.79 Å². The van der Waals surface area contributed by atoms with Crippen molar-refractivity contribution in [3.63, 3.8) is 0 Å². The van der Waals surface area contributed by atoms with Crippen LogP contribution in [0.15, 0.2) is 12.5 Å². The molecule has 0 spiro atoms. The fraction of sp³-hybridized carbons (Fsp3) is 0.583. The molecule has 1 aromatic rings. The number of hydrogen-bond donors (Lipinski definition) is 1. The van der Waals surface area contributed by atoms with Crippen molar-refractivity contribution >= 4 is 12.4 Å². The molecule has 0 aliphatic heterocycles. The second-order valence-corrected chi connectivity index (χ2v) is 5.03. The first kappa shape index (κ1) is 14.2. The minimum Gasteiger partial charge on any atom is -0.444 e.